The van der Waals surface area contributed by atoms with Crippen LogP contribution in [0, 0.1) is 6.92 Å². The van der Waals surface area contributed by atoms with E-state index < -0.39 is 0 Å². The lowest BCUT2D eigenvalue weighted by atomic mass is 10.1. The average molecular weight is 177 g/mol. The van der Waals surface area contributed by atoms with Gasteiger partial charge in [0, 0.05) is 5.56 Å². The van der Waals surface area contributed by atoms with Crippen LogP contribution in [0.1, 0.15) is 11.1 Å². The van der Waals surface area contributed by atoms with E-state index in [1.165, 1.54) is 6.21 Å². The number of aryl methyl sites for hydroxylation is 1. The number of nitrogens with zero attached hydrogens (tertiary/aromatic N) is 2. The van der Waals surface area contributed by atoms with Gasteiger partial charge in [-0.1, -0.05) is 29.4 Å². The predicted molar refractivity (Wildman–Crippen MR) is 52.2 cm³/mol. The summed E-state index contributed by atoms with van der Waals surface area (Å²) in [4.78, 5) is 0. The highest BCUT2D eigenvalue weighted by Crippen LogP contribution is 2.06. The monoisotopic (exact) mass is 177 g/mol. The fourth-order valence-electron chi connectivity index (χ4n) is 1.09. The largest absolute Gasteiger partial charge is 0.411 e. The maximum Gasteiger partial charge on any atom is 0.112 e. The van der Waals surface area contributed by atoms with Crippen molar-refractivity contribution in [2.24, 2.45) is 16.1 Å². The SMILES string of the molecule is Cc1ccccc1C(/C=N/O)=N/N. The van der Waals surface area contributed by atoms with Crippen LogP contribution in [0.5, 0.6) is 0 Å². The quantitative estimate of drug-likeness (QED) is 0.307. The highest BCUT2D eigenvalue weighted by molar-refractivity contribution is 6.38. The Bertz CT molecular complexity index is 344. The number of nitrogens with two attached hydrogens (primary N) is 1. The minimum absolute atomic E-state index is 0.459. The Labute approximate surface area is 76.4 Å². The molecule has 0 saturated heterocycles. The van der Waals surface area contributed by atoms with Gasteiger partial charge in [0.2, 0.25) is 0 Å². The molecule has 4 heteroatoms. The van der Waals surface area contributed by atoms with Crippen LogP contribution in [0.4, 0.5) is 0 Å². The summed E-state index contributed by atoms with van der Waals surface area (Å²) in [6.45, 7) is 1.94. The van der Waals surface area contributed by atoms with Crippen LogP contribution < -0.4 is 5.84 Å². The number of benzene rings is 1. The predicted octanol–water partition coefficient (Wildman–Crippen LogP) is 1.12. The van der Waals surface area contributed by atoms with Crippen molar-refractivity contribution in [3.8, 4) is 0 Å². The standard InChI is InChI=1S/C9H11N3O/c1-7-4-2-3-5-8(7)9(12-10)6-11-13/h2-6,13H,10H2,1H3/b11-6+,12-9+. The first-order valence-electron chi connectivity index (χ1n) is 3.81. The molecule has 68 valence electrons. The Hall–Kier alpha value is -1.84. The van der Waals surface area contributed by atoms with Gasteiger partial charge in [0.25, 0.3) is 0 Å². The normalized spacial score (nSPS) is 12.2. The van der Waals surface area contributed by atoms with Gasteiger partial charge in [-0.15, -0.1) is 0 Å². The van der Waals surface area contributed by atoms with E-state index in [4.69, 9.17) is 11.0 Å². The van der Waals surface area contributed by atoms with Crippen LogP contribution in [0.2, 0.25) is 0 Å². The highest BCUT2D eigenvalue weighted by atomic mass is 16.4. The molecule has 1 aromatic rings. The van der Waals surface area contributed by atoms with Crippen LogP contribution in [0.3, 0.4) is 0 Å². The molecule has 0 atom stereocenters. The van der Waals surface area contributed by atoms with Gasteiger partial charge in [-0.25, -0.2) is 0 Å². The summed E-state index contributed by atoms with van der Waals surface area (Å²) in [7, 11) is 0. The Balaban J connectivity index is 3.13. The lowest BCUT2D eigenvalue weighted by Crippen LogP contribution is -2.07. The molecule has 0 unspecified atom stereocenters. The molecule has 0 spiro atoms. The summed E-state index contributed by atoms with van der Waals surface area (Å²) in [5, 5.41) is 14.8. The van der Waals surface area contributed by atoms with Gasteiger partial charge in [0.15, 0.2) is 0 Å². The molecular formula is C9H11N3O. The highest BCUT2D eigenvalue weighted by Gasteiger charge is 2.02. The lowest BCUT2D eigenvalue weighted by Gasteiger charge is -2.02. The molecule has 0 aliphatic heterocycles. The van der Waals surface area contributed by atoms with Gasteiger partial charge in [0.1, 0.15) is 5.71 Å². The molecule has 0 aromatic heterocycles. The molecule has 0 saturated carbocycles. The molecule has 1 rings (SSSR count). The summed E-state index contributed by atoms with van der Waals surface area (Å²) in [5.74, 6) is 5.15. The first-order valence-corrected chi connectivity index (χ1v) is 3.81. The summed E-state index contributed by atoms with van der Waals surface area (Å²) in [5.41, 5.74) is 2.36. The van der Waals surface area contributed by atoms with E-state index in [1.807, 2.05) is 31.2 Å². The van der Waals surface area contributed by atoms with E-state index >= 15 is 0 Å². The third-order valence-corrected chi connectivity index (χ3v) is 1.74. The van der Waals surface area contributed by atoms with Crippen LogP contribution >= 0.6 is 0 Å². The second-order valence-corrected chi connectivity index (χ2v) is 2.57. The number of hydrogen-bond donors (Lipinski definition) is 2. The molecule has 3 N–H and O–H groups in total. The van der Waals surface area contributed by atoms with Crippen LogP contribution in [-0.2, 0) is 0 Å². The van der Waals surface area contributed by atoms with Crippen molar-refractivity contribution in [3.63, 3.8) is 0 Å². The van der Waals surface area contributed by atoms with Gasteiger partial charge in [-0.3, -0.25) is 0 Å². The summed E-state index contributed by atoms with van der Waals surface area (Å²) in [6.07, 6.45) is 1.21. The van der Waals surface area contributed by atoms with Gasteiger partial charge in [-0.05, 0) is 12.5 Å². The van der Waals surface area contributed by atoms with E-state index in [0.717, 1.165) is 11.1 Å². The van der Waals surface area contributed by atoms with Crippen molar-refractivity contribution in [1.29, 1.82) is 0 Å². The lowest BCUT2D eigenvalue weighted by molar-refractivity contribution is 0.322. The van der Waals surface area contributed by atoms with Gasteiger partial charge >= 0.3 is 0 Å². The zero-order chi connectivity index (χ0) is 9.68. The Morgan fingerprint density at radius 2 is 2.15 bits per heavy atom. The summed E-state index contributed by atoms with van der Waals surface area (Å²) < 4.78 is 0. The Morgan fingerprint density at radius 1 is 1.46 bits per heavy atom. The third kappa shape index (κ3) is 2.05. The van der Waals surface area contributed by atoms with Gasteiger partial charge in [-0.2, -0.15) is 5.10 Å². The van der Waals surface area contributed by atoms with E-state index in [0.29, 0.717) is 5.71 Å². The first kappa shape index (κ1) is 9.25. The molecule has 0 bridgehead atoms. The Morgan fingerprint density at radius 3 is 2.69 bits per heavy atom. The molecule has 0 aliphatic rings. The second kappa shape index (κ2) is 4.25. The number of hydrogen-bond acceptors (Lipinski definition) is 4. The molecule has 13 heavy (non-hydrogen) atoms. The first-order chi connectivity index (χ1) is 6.29. The maximum atomic E-state index is 8.35. The maximum absolute atomic E-state index is 8.35. The van der Waals surface area contributed by atoms with Crippen molar-refractivity contribution < 1.29 is 5.21 Å². The number of hydrazone groups is 1. The molecule has 0 amide bonds. The van der Waals surface area contributed by atoms with Crippen LogP contribution in [0.25, 0.3) is 0 Å². The van der Waals surface area contributed by atoms with Gasteiger partial charge < -0.3 is 11.0 Å². The van der Waals surface area contributed by atoms with E-state index in [1.54, 1.807) is 0 Å². The topological polar surface area (TPSA) is 71.0 Å². The minimum atomic E-state index is 0.459. The minimum Gasteiger partial charge on any atom is -0.411 e. The van der Waals surface area contributed by atoms with Crippen LogP contribution in [0.15, 0.2) is 34.5 Å². The van der Waals surface area contributed by atoms with Crippen molar-refractivity contribution in [2.75, 3.05) is 0 Å². The van der Waals surface area contributed by atoms with E-state index in [2.05, 4.69) is 10.3 Å². The summed E-state index contributed by atoms with van der Waals surface area (Å²) >= 11 is 0. The van der Waals surface area contributed by atoms with Crippen LogP contribution in [-0.4, -0.2) is 17.1 Å². The fourth-order valence-corrected chi connectivity index (χ4v) is 1.09. The smallest absolute Gasteiger partial charge is 0.112 e. The molecule has 1 aromatic carbocycles. The van der Waals surface area contributed by atoms with E-state index in [-0.39, 0.29) is 0 Å². The summed E-state index contributed by atoms with van der Waals surface area (Å²) in [6, 6.07) is 7.59. The fraction of sp³-hybridized carbons (Fsp3) is 0.111. The van der Waals surface area contributed by atoms with Crippen molar-refractivity contribution in [3.05, 3.63) is 35.4 Å². The average Bonchev–Trinajstić information content (AvgIpc) is 2.16. The molecular weight excluding hydrogens is 166 g/mol. The molecule has 0 heterocycles. The molecule has 4 nitrogen and oxygen atoms in total. The van der Waals surface area contributed by atoms with E-state index in [9.17, 15) is 0 Å². The molecule has 0 radical (unpaired) electrons. The van der Waals surface area contributed by atoms with Crippen molar-refractivity contribution in [1.82, 2.24) is 0 Å². The molecule has 0 fully saturated rings. The molecule has 0 aliphatic carbocycles. The second-order valence-electron chi connectivity index (χ2n) is 2.57. The number of oxime groups is 1. The van der Waals surface area contributed by atoms with Crippen molar-refractivity contribution >= 4 is 11.9 Å². The number of rotatable bonds is 2. The zero-order valence-corrected chi connectivity index (χ0v) is 7.31. The van der Waals surface area contributed by atoms with Gasteiger partial charge in [0.05, 0.1) is 6.21 Å². The zero-order valence-electron chi connectivity index (χ0n) is 7.31. The Kier molecular flexibility index (Phi) is 3.03. The van der Waals surface area contributed by atoms with Crippen molar-refractivity contribution in [2.45, 2.75) is 6.92 Å². The third-order valence-electron chi connectivity index (χ3n) is 1.74.